The molecular weight excluding hydrogens is 447 g/mol. The van der Waals surface area contributed by atoms with Gasteiger partial charge >= 0.3 is 0 Å². The van der Waals surface area contributed by atoms with Gasteiger partial charge in [0, 0.05) is 24.3 Å². The van der Waals surface area contributed by atoms with Crippen LogP contribution in [0.1, 0.15) is 34.6 Å². The van der Waals surface area contributed by atoms with E-state index < -0.39 is 17.2 Å². The van der Waals surface area contributed by atoms with E-state index in [9.17, 15) is 14.7 Å². The molecule has 0 saturated carbocycles. The van der Waals surface area contributed by atoms with Crippen molar-refractivity contribution in [3.05, 3.63) is 68.1 Å². The molecule has 2 aromatic heterocycles. The number of carbonyl (C=O) groups is 1. The van der Waals surface area contributed by atoms with E-state index in [0.717, 1.165) is 12.8 Å². The highest BCUT2D eigenvalue weighted by Gasteiger charge is 2.24. The highest BCUT2D eigenvalue weighted by atomic mass is 35.5. The van der Waals surface area contributed by atoms with Crippen LogP contribution in [0.2, 0.25) is 10.2 Å². The molecule has 10 heteroatoms. The van der Waals surface area contributed by atoms with Crippen molar-refractivity contribution in [3.8, 4) is 5.88 Å². The van der Waals surface area contributed by atoms with E-state index in [4.69, 9.17) is 23.2 Å². The lowest BCUT2D eigenvalue weighted by atomic mass is 10.0. The van der Waals surface area contributed by atoms with Crippen LogP contribution in [0.25, 0.3) is 0 Å². The van der Waals surface area contributed by atoms with Crippen molar-refractivity contribution >= 4 is 40.7 Å². The van der Waals surface area contributed by atoms with E-state index in [2.05, 4.69) is 15.0 Å². The monoisotopic (exact) mass is 462 g/mol. The van der Waals surface area contributed by atoms with E-state index in [1.54, 1.807) is 18.2 Å². The molecule has 3 heterocycles. The fourth-order valence-corrected chi connectivity index (χ4v) is 4.51. The summed E-state index contributed by atoms with van der Waals surface area (Å²) >= 11 is 13.5. The predicted octanol–water partition coefficient (Wildman–Crippen LogP) is 3.96. The number of rotatable bonds is 5. The number of aromatic hydroxyl groups is 1. The summed E-state index contributed by atoms with van der Waals surface area (Å²) in [7, 11) is 0. The number of ketones is 1. The van der Waals surface area contributed by atoms with Crippen LogP contribution >= 0.6 is 35.0 Å². The Hall–Kier alpha value is -2.42. The van der Waals surface area contributed by atoms with Crippen molar-refractivity contribution in [3.63, 3.8) is 0 Å². The quantitative estimate of drug-likeness (QED) is 0.572. The van der Waals surface area contributed by atoms with Gasteiger partial charge in [-0.1, -0.05) is 47.1 Å². The summed E-state index contributed by atoms with van der Waals surface area (Å²) in [5.74, 6) is -0.529. The number of nitrogens with zero attached hydrogens (tertiary/aromatic N) is 4. The summed E-state index contributed by atoms with van der Waals surface area (Å²) in [6.45, 7) is 0.497. The summed E-state index contributed by atoms with van der Waals surface area (Å²) in [6, 6.07) is 5.26. The molecule has 154 valence electrons. The highest BCUT2D eigenvalue weighted by Crippen LogP contribution is 2.34. The average Bonchev–Trinajstić information content (AvgIpc) is 2.72. The number of Topliss-reactive ketones (excluding diaryl/α,β-unsaturated/α-hetero) is 1. The Morgan fingerprint density at radius 1 is 1.20 bits per heavy atom. The summed E-state index contributed by atoms with van der Waals surface area (Å²) in [6.07, 6.45) is 5.17. The molecule has 3 aromatic rings. The van der Waals surface area contributed by atoms with Crippen LogP contribution in [-0.2, 0) is 19.4 Å². The number of halogens is 2. The Morgan fingerprint density at radius 3 is 2.80 bits per heavy atom. The molecule has 1 N–H and O–H groups in total. The Bertz CT molecular complexity index is 1180. The van der Waals surface area contributed by atoms with Gasteiger partial charge in [0.25, 0.3) is 5.56 Å². The zero-order valence-corrected chi connectivity index (χ0v) is 18.0. The van der Waals surface area contributed by atoms with E-state index in [-0.39, 0.29) is 17.1 Å². The normalized spacial score (nSPS) is 13.1. The molecule has 0 bridgehead atoms. The second-order valence-electron chi connectivity index (χ2n) is 6.75. The molecule has 0 amide bonds. The molecule has 0 spiro atoms. The third kappa shape index (κ3) is 4.21. The minimum atomic E-state index is -0.527. The zero-order valence-electron chi connectivity index (χ0n) is 15.6. The van der Waals surface area contributed by atoms with Crippen molar-refractivity contribution in [2.45, 2.75) is 42.1 Å². The third-order valence-corrected chi connectivity index (χ3v) is 6.48. The standard InChI is InChI=1S/C20H16Cl2N4O3S/c21-14-9-24-16(10-23-14)30-13-5-3-4-11(18(13)22)8-12(27)17-19(28)25-15-6-1-2-7-26(15)20(17)29/h3-5,9-10,28H,1-2,6-8H2. The lowest BCUT2D eigenvalue weighted by Gasteiger charge is -2.18. The molecule has 0 aliphatic carbocycles. The largest absolute Gasteiger partial charge is 0.493 e. The van der Waals surface area contributed by atoms with Crippen molar-refractivity contribution < 1.29 is 9.90 Å². The summed E-state index contributed by atoms with van der Waals surface area (Å²) in [5.41, 5.74) is -0.256. The van der Waals surface area contributed by atoms with Gasteiger partial charge in [0.05, 0.1) is 17.4 Å². The van der Waals surface area contributed by atoms with Crippen LogP contribution in [-0.4, -0.2) is 30.4 Å². The van der Waals surface area contributed by atoms with Crippen LogP contribution in [0.3, 0.4) is 0 Å². The van der Waals surface area contributed by atoms with Gasteiger partial charge in [-0.15, -0.1) is 0 Å². The fourth-order valence-electron chi connectivity index (χ4n) is 3.30. The molecule has 1 aliphatic rings. The second-order valence-corrected chi connectivity index (χ2v) is 8.58. The molecule has 1 aromatic carbocycles. The molecular formula is C20H16Cl2N4O3S. The molecule has 0 saturated heterocycles. The SMILES string of the molecule is O=C(Cc1cccc(Sc2cnc(Cl)cn2)c1Cl)c1c(O)nc2n(c1=O)CCCC2. The van der Waals surface area contributed by atoms with Gasteiger partial charge in [-0.3, -0.25) is 14.2 Å². The van der Waals surface area contributed by atoms with Crippen LogP contribution < -0.4 is 5.56 Å². The van der Waals surface area contributed by atoms with Gasteiger partial charge < -0.3 is 5.11 Å². The van der Waals surface area contributed by atoms with Crippen molar-refractivity contribution in [1.82, 2.24) is 19.5 Å². The summed E-state index contributed by atoms with van der Waals surface area (Å²) in [5, 5.41) is 11.5. The Kier molecular flexibility index (Phi) is 6.08. The molecule has 0 unspecified atom stereocenters. The Balaban J connectivity index is 1.61. The maximum Gasteiger partial charge on any atom is 0.268 e. The van der Waals surface area contributed by atoms with Gasteiger partial charge in [0.2, 0.25) is 5.88 Å². The lowest BCUT2D eigenvalue weighted by molar-refractivity contribution is 0.0987. The van der Waals surface area contributed by atoms with E-state index in [1.807, 2.05) is 0 Å². The van der Waals surface area contributed by atoms with Crippen LogP contribution in [0.15, 0.2) is 45.3 Å². The third-order valence-electron chi connectivity index (χ3n) is 4.75. The smallest absolute Gasteiger partial charge is 0.268 e. The summed E-state index contributed by atoms with van der Waals surface area (Å²) in [4.78, 5) is 38.6. The number of carbonyl (C=O) groups excluding carboxylic acids is 1. The second kappa shape index (κ2) is 8.75. The first-order valence-corrected chi connectivity index (χ1v) is 10.8. The molecule has 1 aliphatic heterocycles. The van der Waals surface area contributed by atoms with Gasteiger partial charge in [-0.05, 0) is 24.5 Å². The molecule has 0 radical (unpaired) electrons. The fraction of sp³-hybridized carbons (Fsp3) is 0.250. The number of hydrogen-bond donors (Lipinski definition) is 1. The van der Waals surface area contributed by atoms with E-state index in [1.165, 1.54) is 28.7 Å². The minimum Gasteiger partial charge on any atom is -0.493 e. The molecule has 30 heavy (non-hydrogen) atoms. The lowest BCUT2D eigenvalue weighted by Crippen LogP contribution is -2.33. The predicted molar refractivity (Wildman–Crippen MR) is 114 cm³/mol. The van der Waals surface area contributed by atoms with Gasteiger partial charge in [-0.25, -0.2) is 9.97 Å². The van der Waals surface area contributed by atoms with Crippen LogP contribution in [0.4, 0.5) is 0 Å². The average molecular weight is 463 g/mol. The van der Waals surface area contributed by atoms with Crippen molar-refractivity contribution in [2.75, 3.05) is 0 Å². The zero-order chi connectivity index (χ0) is 21.3. The van der Waals surface area contributed by atoms with Gasteiger partial charge in [-0.2, -0.15) is 4.98 Å². The van der Waals surface area contributed by atoms with Gasteiger partial charge in [0.15, 0.2) is 5.78 Å². The maximum atomic E-state index is 12.9. The maximum absolute atomic E-state index is 12.9. The van der Waals surface area contributed by atoms with Gasteiger partial charge in [0.1, 0.15) is 21.6 Å². The topological polar surface area (TPSA) is 98.0 Å². The first-order valence-electron chi connectivity index (χ1n) is 9.22. The molecule has 0 fully saturated rings. The van der Waals surface area contributed by atoms with Crippen molar-refractivity contribution in [2.24, 2.45) is 0 Å². The summed E-state index contributed by atoms with van der Waals surface area (Å²) < 4.78 is 1.48. The highest BCUT2D eigenvalue weighted by molar-refractivity contribution is 7.99. The Labute approximate surface area is 186 Å². The number of aryl methyl sites for hydroxylation is 1. The van der Waals surface area contributed by atoms with Crippen LogP contribution in [0.5, 0.6) is 5.88 Å². The van der Waals surface area contributed by atoms with Crippen molar-refractivity contribution in [1.29, 1.82) is 0 Å². The molecule has 7 nitrogen and oxygen atoms in total. The van der Waals surface area contributed by atoms with Crippen LogP contribution in [0, 0.1) is 0 Å². The number of aromatic nitrogens is 4. The van der Waals surface area contributed by atoms with E-state index >= 15 is 0 Å². The Morgan fingerprint density at radius 2 is 2.03 bits per heavy atom. The number of fused-ring (bicyclic) bond motifs is 1. The number of hydrogen-bond acceptors (Lipinski definition) is 7. The molecule has 4 rings (SSSR count). The first kappa shape index (κ1) is 20.8. The number of benzene rings is 1. The first-order chi connectivity index (χ1) is 14.4. The molecule has 0 atom stereocenters. The van der Waals surface area contributed by atoms with E-state index in [0.29, 0.717) is 39.3 Å². The minimum absolute atomic E-state index is 0.136.